The standard InChI is InChI=1S/C32H37N5O3/c1-24-10-8-9-15-27(24)34-29(38)22-28-32(40)33-16-17-37(28)30(39)23-35-18-20-36(21-19-35)31(25-11-4-2-5-12-25)26-13-6-3-7-14-26/h2-15,28,31H,16-23H2,1H3,(H,33,40)(H,34,38)/t28-/m1/s1. The Balaban J connectivity index is 1.20. The molecular formula is C32H37N5O3. The lowest BCUT2D eigenvalue weighted by Gasteiger charge is -2.41. The highest BCUT2D eigenvalue weighted by molar-refractivity contribution is 5.98. The summed E-state index contributed by atoms with van der Waals surface area (Å²) < 4.78 is 0. The minimum atomic E-state index is -0.813. The van der Waals surface area contributed by atoms with Crippen molar-refractivity contribution in [1.29, 1.82) is 0 Å². The molecule has 0 unspecified atom stereocenters. The Bertz CT molecular complexity index is 1270. The molecule has 0 saturated carbocycles. The summed E-state index contributed by atoms with van der Waals surface area (Å²) in [6, 6.07) is 27.9. The first-order valence-corrected chi connectivity index (χ1v) is 14.0. The van der Waals surface area contributed by atoms with Crippen molar-refractivity contribution >= 4 is 23.4 Å². The first-order valence-electron chi connectivity index (χ1n) is 14.0. The second-order valence-electron chi connectivity index (χ2n) is 10.5. The lowest BCUT2D eigenvalue weighted by atomic mass is 9.96. The molecule has 2 aliphatic rings. The van der Waals surface area contributed by atoms with Crippen molar-refractivity contribution in [1.82, 2.24) is 20.0 Å². The third kappa shape index (κ3) is 6.58. The second kappa shape index (κ2) is 12.9. The van der Waals surface area contributed by atoms with Gasteiger partial charge in [-0.05, 0) is 29.7 Å². The number of carbonyl (C=O) groups excluding carboxylic acids is 3. The lowest BCUT2D eigenvalue weighted by molar-refractivity contribution is -0.145. The molecule has 8 heteroatoms. The van der Waals surface area contributed by atoms with Crippen LogP contribution in [0, 0.1) is 6.92 Å². The van der Waals surface area contributed by atoms with E-state index in [0.717, 1.165) is 31.7 Å². The molecular weight excluding hydrogens is 502 g/mol. The smallest absolute Gasteiger partial charge is 0.243 e. The van der Waals surface area contributed by atoms with Gasteiger partial charge in [0.1, 0.15) is 6.04 Å². The van der Waals surface area contributed by atoms with E-state index in [4.69, 9.17) is 0 Å². The van der Waals surface area contributed by atoms with E-state index in [1.807, 2.05) is 43.3 Å². The van der Waals surface area contributed by atoms with Crippen LogP contribution < -0.4 is 10.6 Å². The van der Waals surface area contributed by atoms with Crippen molar-refractivity contribution in [2.24, 2.45) is 0 Å². The zero-order chi connectivity index (χ0) is 27.9. The molecule has 2 N–H and O–H groups in total. The Morgan fingerprint density at radius 2 is 1.45 bits per heavy atom. The average Bonchev–Trinajstić information content (AvgIpc) is 2.97. The summed E-state index contributed by atoms with van der Waals surface area (Å²) >= 11 is 0. The molecule has 8 nitrogen and oxygen atoms in total. The van der Waals surface area contributed by atoms with Crippen LogP contribution in [0.5, 0.6) is 0 Å². The first kappa shape index (κ1) is 27.6. The van der Waals surface area contributed by atoms with Crippen LogP contribution >= 0.6 is 0 Å². The Morgan fingerprint density at radius 1 is 0.850 bits per heavy atom. The molecule has 40 heavy (non-hydrogen) atoms. The van der Waals surface area contributed by atoms with Crippen LogP contribution in [0.25, 0.3) is 0 Å². The molecule has 2 aliphatic heterocycles. The predicted octanol–water partition coefficient (Wildman–Crippen LogP) is 3.06. The largest absolute Gasteiger partial charge is 0.353 e. The quantitative estimate of drug-likeness (QED) is 0.460. The third-order valence-corrected chi connectivity index (χ3v) is 7.81. The van der Waals surface area contributed by atoms with Crippen molar-refractivity contribution in [2.45, 2.75) is 25.4 Å². The first-order chi connectivity index (χ1) is 19.5. The number of anilines is 1. The number of piperazine rings is 2. The predicted molar refractivity (Wildman–Crippen MR) is 156 cm³/mol. The van der Waals surface area contributed by atoms with E-state index in [2.05, 4.69) is 69.0 Å². The van der Waals surface area contributed by atoms with Crippen LogP contribution in [0.15, 0.2) is 84.9 Å². The zero-order valence-corrected chi connectivity index (χ0v) is 23.0. The summed E-state index contributed by atoms with van der Waals surface area (Å²) in [5.74, 6) is -0.673. The van der Waals surface area contributed by atoms with Gasteiger partial charge >= 0.3 is 0 Å². The van der Waals surface area contributed by atoms with Crippen LogP contribution in [0.1, 0.15) is 29.2 Å². The molecule has 0 bridgehead atoms. The number of carbonyl (C=O) groups is 3. The van der Waals surface area contributed by atoms with Crippen LogP contribution in [-0.4, -0.2) is 84.3 Å². The number of benzene rings is 3. The minimum Gasteiger partial charge on any atom is -0.353 e. The molecule has 0 aromatic heterocycles. The van der Waals surface area contributed by atoms with E-state index in [9.17, 15) is 14.4 Å². The topological polar surface area (TPSA) is 85.0 Å². The van der Waals surface area contributed by atoms with Crippen molar-refractivity contribution in [3.63, 3.8) is 0 Å². The summed E-state index contributed by atoms with van der Waals surface area (Å²) in [5, 5.41) is 5.71. The number of para-hydroxylation sites is 1. The lowest BCUT2D eigenvalue weighted by Crippen LogP contribution is -2.60. The summed E-state index contributed by atoms with van der Waals surface area (Å²) in [7, 11) is 0. The van der Waals surface area contributed by atoms with Gasteiger partial charge in [0.25, 0.3) is 0 Å². The van der Waals surface area contributed by atoms with E-state index in [1.165, 1.54) is 11.1 Å². The monoisotopic (exact) mass is 539 g/mol. The Kier molecular flexibility index (Phi) is 8.88. The number of nitrogens with zero attached hydrogens (tertiary/aromatic N) is 3. The number of amides is 3. The maximum Gasteiger partial charge on any atom is 0.243 e. The molecule has 2 saturated heterocycles. The summed E-state index contributed by atoms with van der Waals surface area (Å²) in [6.07, 6.45) is -0.0739. The number of hydrogen-bond acceptors (Lipinski definition) is 5. The van der Waals surface area contributed by atoms with Gasteiger partial charge in [-0.15, -0.1) is 0 Å². The van der Waals surface area contributed by atoms with Crippen molar-refractivity contribution in [2.75, 3.05) is 51.1 Å². The van der Waals surface area contributed by atoms with Crippen LogP contribution in [-0.2, 0) is 14.4 Å². The fraction of sp³-hybridized carbons (Fsp3) is 0.344. The Hall–Kier alpha value is -4.01. The van der Waals surface area contributed by atoms with E-state index >= 15 is 0 Å². The summed E-state index contributed by atoms with van der Waals surface area (Å²) in [6.45, 7) is 6.09. The Morgan fingerprint density at radius 3 is 2.08 bits per heavy atom. The fourth-order valence-electron chi connectivity index (χ4n) is 5.65. The molecule has 5 rings (SSSR count). The van der Waals surface area contributed by atoms with Gasteiger partial charge in [0.2, 0.25) is 17.7 Å². The third-order valence-electron chi connectivity index (χ3n) is 7.81. The van der Waals surface area contributed by atoms with Crippen molar-refractivity contribution in [3.8, 4) is 0 Å². The highest BCUT2D eigenvalue weighted by atomic mass is 16.2. The van der Waals surface area contributed by atoms with E-state index in [0.29, 0.717) is 18.8 Å². The molecule has 2 fully saturated rings. The summed E-state index contributed by atoms with van der Waals surface area (Å²) in [5.41, 5.74) is 4.16. The summed E-state index contributed by atoms with van der Waals surface area (Å²) in [4.78, 5) is 45.2. The van der Waals surface area contributed by atoms with Crippen LogP contribution in [0.4, 0.5) is 5.69 Å². The molecule has 3 amide bonds. The Labute approximate surface area is 236 Å². The molecule has 1 atom stereocenters. The van der Waals surface area contributed by atoms with Gasteiger partial charge in [-0.3, -0.25) is 24.2 Å². The van der Waals surface area contributed by atoms with Gasteiger partial charge in [-0.2, -0.15) is 0 Å². The second-order valence-corrected chi connectivity index (χ2v) is 10.5. The number of aryl methyl sites for hydroxylation is 1. The van der Waals surface area contributed by atoms with Crippen LogP contribution in [0.3, 0.4) is 0 Å². The van der Waals surface area contributed by atoms with Crippen LogP contribution in [0.2, 0.25) is 0 Å². The van der Waals surface area contributed by atoms with E-state index in [1.54, 1.807) is 4.90 Å². The highest BCUT2D eigenvalue weighted by Gasteiger charge is 2.36. The fourth-order valence-corrected chi connectivity index (χ4v) is 5.65. The van der Waals surface area contributed by atoms with Gasteiger partial charge in [0, 0.05) is 45.0 Å². The maximum absolute atomic E-state index is 13.4. The SMILES string of the molecule is Cc1ccccc1NC(=O)C[C@@H]1C(=O)NCCN1C(=O)CN1CCN(C(c2ccccc2)c2ccccc2)CC1. The molecule has 0 radical (unpaired) electrons. The van der Waals surface area contributed by atoms with Gasteiger partial charge < -0.3 is 15.5 Å². The number of nitrogens with one attached hydrogen (secondary N) is 2. The minimum absolute atomic E-state index is 0.0739. The van der Waals surface area contributed by atoms with E-state index in [-0.39, 0.29) is 36.7 Å². The average molecular weight is 540 g/mol. The van der Waals surface area contributed by atoms with Gasteiger partial charge in [-0.25, -0.2) is 0 Å². The van der Waals surface area contributed by atoms with Gasteiger partial charge in [0.15, 0.2) is 0 Å². The number of hydrogen-bond donors (Lipinski definition) is 2. The molecule has 0 spiro atoms. The van der Waals surface area contributed by atoms with Crippen molar-refractivity contribution in [3.05, 3.63) is 102 Å². The zero-order valence-electron chi connectivity index (χ0n) is 23.0. The molecule has 3 aromatic carbocycles. The normalized spacial score (nSPS) is 18.4. The van der Waals surface area contributed by atoms with Gasteiger partial charge in [-0.1, -0.05) is 78.9 Å². The van der Waals surface area contributed by atoms with E-state index < -0.39 is 6.04 Å². The molecule has 208 valence electrons. The van der Waals surface area contributed by atoms with Gasteiger partial charge in [0.05, 0.1) is 19.0 Å². The molecule has 2 heterocycles. The molecule has 0 aliphatic carbocycles. The number of rotatable bonds is 8. The maximum atomic E-state index is 13.4. The van der Waals surface area contributed by atoms with Crippen molar-refractivity contribution < 1.29 is 14.4 Å². The highest BCUT2D eigenvalue weighted by Crippen LogP contribution is 2.29. The molecule has 3 aromatic rings.